The van der Waals surface area contributed by atoms with Gasteiger partial charge in [-0.25, -0.2) is 9.78 Å². The fourth-order valence-electron chi connectivity index (χ4n) is 5.51. The predicted molar refractivity (Wildman–Crippen MR) is 152 cm³/mol. The first-order valence-corrected chi connectivity index (χ1v) is 13.5. The maximum atomic E-state index is 13.6. The third-order valence-electron chi connectivity index (χ3n) is 7.95. The minimum absolute atomic E-state index is 0.0803. The number of aliphatic hydroxyl groups is 1. The van der Waals surface area contributed by atoms with E-state index < -0.39 is 11.6 Å². The fourth-order valence-corrected chi connectivity index (χ4v) is 5.51. The van der Waals surface area contributed by atoms with Crippen LogP contribution in [0.5, 0.6) is 0 Å². The van der Waals surface area contributed by atoms with Gasteiger partial charge >= 0.3 is 5.97 Å². The molecule has 2 aliphatic rings. The van der Waals surface area contributed by atoms with E-state index in [4.69, 9.17) is 14.6 Å². The summed E-state index contributed by atoms with van der Waals surface area (Å²) in [7, 11) is 0. The van der Waals surface area contributed by atoms with Gasteiger partial charge in [0.25, 0.3) is 5.56 Å². The van der Waals surface area contributed by atoms with E-state index in [0.29, 0.717) is 29.1 Å². The zero-order valence-corrected chi connectivity index (χ0v) is 23.0. The molecule has 2 aromatic heterocycles. The van der Waals surface area contributed by atoms with E-state index in [2.05, 4.69) is 38.1 Å². The Balaban J connectivity index is 1.38. The third-order valence-corrected chi connectivity index (χ3v) is 7.95. The number of benzene rings is 2. The van der Waals surface area contributed by atoms with Crippen LogP contribution in [-0.2, 0) is 45.1 Å². The van der Waals surface area contributed by atoms with E-state index in [9.17, 15) is 14.7 Å². The topological polar surface area (TPSA) is 103 Å². The van der Waals surface area contributed by atoms with Gasteiger partial charge in [0.2, 0.25) is 0 Å². The quantitative estimate of drug-likeness (QED) is 0.194. The third kappa shape index (κ3) is 4.10. The van der Waals surface area contributed by atoms with E-state index in [1.54, 1.807) is 23.8 Å². The second-order valence-electron chi connectivity index (χ2n) is 11.4. The second-order valence-corrected chi connectivity index (χ2v) is 11.4. The zero-order valence-electron chi connectivity index (χ0n) is 23.0. The summed E-state index contributed by atoms with van der Waals surface area (Å²) in [5, 5.41) is 16.3. The van der Waals surface area contributed by atoms with Crippen molar-refractivity contribution in [2.75, 3.05) is 0 Å². The Morgan fingerprint density at radius 3 is 2.60 bits per heavy atom. The molecular formula is C32H31N3O5. The van der Waals surface area contributed by atoms with Crippen molar-refractivity contribution in [3.05, 3.63) is 98.3 Å². The second kappa shape index (κ2) is 9.41. The number of cyclic esters (lactones) is 1. The summed E-state index contributed by atoms with van der Waals surface area (Å²) in [5.74, 6) is -0.741. The highest BCUT2D eigenvalue weighted by Crippen LogP contribution is 2.39. The van der Waals surface area contributed by atoms with Crippen LogP contribution in [0.3, 0.4) is 0 Å². The number of ether oxygens (including phenoxy) is 1. The molecule has 0 amide bonds. The number of hydrogen-bond donors (Lipinski definition) is 1. The summed E-state index contributed by atoms with van der Waals surface area (Å²) in [6.45, 7) is 8.66. The number of para-hydroxylation sites is 1. The number of fused-ring (bicyclic) bond motifs is 5. The van der Waals surface area contributed by atoms with Crippen LogP contribution in [0.2, 0.25) is 0 Å². The number of nitrogens with zero attached hydrogens (tertiary/aromatic N) is 3. The fraction of sp³-hybridized carbons (Fsp3) is 0.312. The number of esters is 1. The Kier molecular flexibility index (Phi) is 6.11. The lowest BCUT2D eigenvalue weighted by Crippen LogP contribution is -2.44. The molecule has 0 bridgehead atoms. The molecule has 204 valence electrons. The number of carbonyl (C=O) groups is 1. The molecule has 2 aliphatic heterocycles. The molecule has 40 heavy (non-hydrogen) atoms. The first-order valence-electron chi connectivity index (χ1n) is 13.5. The average Bonchev–Trinajstić information content (AvgIpc) is 3.31. The normalized spacial score (nSPS) is 18.0. The van der Waals surface area contributed by atoms with Crippen molar-refractivity contribution in [2.45, 2.75) is 64.9 Å². The van der Waals surface area contributed by atoms with Crippen LogP contribution >= 0.6 is 0 Å². The first-order chi connectivity index (χ1) is 19.1. The zero-order chi connectivity index (χ0) is 28.2. The molecule has 0 unspecified atom stereocenters. The van der Waals surface area contributed by atoms with Crippen molar-refractivity contribution in [3.8, 4) is 11.4 Å². The van der Waals surface area contributed by atoms with E-state index in [0.717, 1.165) is 27.6 Å². The molecule has 4 heterocycles. The molecule has 4 aromatic rings. The van der Waals surface area contributed by atoms with Crippen LogP contribution in [0.15, 0.2) is 64.5 Å². The minimum atomic E-state index is -1.87. The van der Waals surface area contributed by atoms with Gasteiger partial charge in [0, 0.05) is 22.1 Å². The lowest BCUT2D eigenvalue weighted by atomic mass is 9.86. The van der Waals surface area contributed by atoms with Crippen LogP contribution < -0.4 is 5.56 Å². The van der Waals surface area contributed by atoms with Crippen LogP contribution in [0, 0.1) is 0 Å². The molecule has 0 aliphatic carbocycles. The van der Waals surface area contributed by atoms with Gasteiger partial charge in [-0.3, -0.25) is 4.79 Å². The maximum Gasteiger partial charge on any atom is 0.343 e. The van der Waals surface area contributed by atoms with Crippen LogP contribution in [0.25, 0.3) is 22.3 Å². The molecule has 0 saturated carbocycles. The first kappa shape index (κ1) is 26.0. The lowest BCUT2D eigenvalue weighted by Gasteiger charge is -2.31. The highest BCUT2D eigenvalue weighted by Gasteiger charge is 2.45. The van der Waals surface area contributed by atoms with Gasteiger partial charge in [0.1, 0.15) is 13.2 Å². The predicted octanol–water partition coefficient (Wildman–Crippen LogP) is 4.93. The highest BCUT2D eigenvalue weighted by molar-refractivity contribution is 6.02. The smallest absolute Gasteiger partial charge is 0.343 e. The van der Waals surface area contributed by atoms with Crippen molar-refractivity contribution in [2.24, 2.45) is 5.16 Å². The van der Waals surface area contributed by atoms with E-state index >= 15 is 0 Å². The monoisotopic (exact) mass is 537 g/mol. The Hall–Kier alpha value is -4.30. The van der Waals surface area contributed by atoms with E-state index in [1.807, 2.05) is 36.4 Å². The maximum absolute atomic E-state index is 13.6. The largest absolute Gasteiger partial charge is 0.458 e. The number of aromatic nitrogens is 2. The Labute approximate surface area is 231 Å². The van der Waals surface area contributed by atoms with Gasteiger partial charge in [-0.05, 0) is 35.1 Å². The summed E-state index contributed by atoms with van der Waals surface area (Å²) in [6, 6.07) is 17.7. The molecule has 2 aromatic carbocycles. The molecule has 0 spiro atoms. The lowest BCUT2D eigenvalue weighted by molar-refractivity contribution is -0.172. The van der Waals surface area contributed by atoms with Crippen molar-refractivity contribution in [1.29, 1.82) is 0 Å². The summed E-state index contributed by atoms with van der Waals surface area (Å²) >= 11 is 0. The summed E-state index contributed by atoms with van der Waals surface area (Å²) in [4.78, 5) is 36.6. The van der Waals surface area contributed by atoms with Gasteiger partial charge in [-0.15, -0.1) is 0 Å². The molecule has 1 atom stereocenters. The SMILES string of the molecule is CC[C@@]1(O)C(=O)OCc2c1cc1n(c2=O)Cc2c-1nc1ccccc1c2C=NOCc1ccc(C(C)(C)C)cc1. The molecule has 8 nitrogen and oxygen atoms in total. The molecule has 0 fully saturated rings. The van der Waals surface area contributed by atoms with Crippen molar-refractivity contribution in [1.82, 2.24) is 9.55 Å². The Morgan fingerprint density at radius 1 is 1.12 bits per heavy atom. The van der Waals surface area contributed by atoms with Crippen molar-refractivity contribution < 1.29 is 19.5 Å². The van der Waals surface area contributed by atoms with Crippen LogP contribution in [0.4, 0.5) is 0 Å². The molecule has 6 rings (SSSR count). The summed E-state index contributed by atoms with van der Waals surface area (Å²) in [5.41, 5.74) is 4.31. The average molecular weight is 538 g/mol. The van der Waals surface area contributed by atoms with Crippen LogP contribution in [-0.4, -0.2) is 26.8 Å². The molecule has 0 saturated heterocycles. The number of oxime groups is 1. The summed E-state index contributed by atoms with van der Waals surface area (Å²) in [6.07, 6.45) is 1.77. The Morgan fingerprint density at radius 2 is 1.88 bits per heavy atom. The number of carbonyl (C=O) groups excluding carboxylic acids is 1. The summed E-state index contributed by atoms with van der Waals surface area (Å²) < 4.78 is 6.81. The molecular weight excluding hydrogens is 506 g/mol. The van der Waals surface area contributed by atoms with E-state index in [-0.39, 0.29) is 30.5 Å². The standard InChI is InChI=1S/C32H31N3O5/c1-5-32(38)25-14-27-28-23(16-35(27)29(36)24(25)18-39-30(32)37)22(21-8-6-7-9-26(21)34-28)15-33-40-17-19-10-12-20(13-11-19)31(2,3)4/h6-15,38H,5,16-18H2,1-4H3/t32-/m0/s1. The highest BCUT2D eigenvalue weighted by atomic mass is 16.6. The van der Waals surface area contributed by atoms with Gasteiger partial charge in [0.05, 0.1) is 35.2 Å². The van der Waals surface area contributed by atoms with Gasteiger partial charge < -0.3 is 19.2 Å². The van der Waals surface area contributed by atoms with Gasteiger partial charge in [0.15, 0.2) is 5.60 Å². The minimum Gasteiger partial charge on any atom is -0.458 e. The molecule has 8 heteroatoms. The van der Waals surface area contributed by atoms with Crippen LogP contribution in [0.1, 0.15) is 67.5 Å². The van der Waals surface area contributed by atoms with Gasteiger partial charge in [-0.2, -0.15) is 0 Å². The van der Waals surface area contributed by atoms with Crippen molar-refractivity contribution >= 4 is 23.1 Å². The molecule has 1 N–H and O–H groups in total. The van der Waals surface area contributed by atoms with E-state index in [1.165, 1.54) is 5.56 Å². The van der Waals surface area contributed by atoms with Gasteiger partial charge in [-0.1, -0.05) is 75.3 Å². The Bertz CT molecular complexity index is 1750. The number of pyridine rings is 2. The molecule has 0 radical (unpaired) electrons. The number of hydrogen-bond acceptors (Lipinski definition) is 7. The van der Waals surface area contributed by atoms with Crippen molar-refractivity contribution in [3.63, 3.8) is 0 Å². The number of rotatable bonds is 5.